The monoisotopic (exact) mass is 1190 g/mol. The molecule has 498 valence electrons. The largest absolute Gasteiger partial charge is 0.454 e. The van der Waals surface area contributed by atoms with Crippen LogP contribution >= 0.6 is 0 Å². The highest BCUT2D eigenvalue weighted by atomic mass is 16.7. The van der Waals surface area contributed by atoms with Gasteiger partial charge in [0, 0.05) is 6.42 Å². The molecule has 11 nitrogen and oxygen atoms in total. The van der Waals surface area contributed by atoms with E-state index in [1.165, 1.54) is 276 Å². The third-order valence-corrected chi connectivity index (χ3v) is 17.9. The number of hydrogen-bond donors (Lipinski definition) is 6. The molecule has 1 saturated heterocycles. The van der Waals surface area contributed by atoms with Crippen molar-refractivity contribution in [3.63, 3.8) is 0 Å². The Balaban J connectivity index is 2.52. The van der Waals surface area contributed by atoms with Gasteiger partial charge in [0.25, 0.3) is 0 Å². The first-order valence-electron chi connectivity index (χ1n) is 37.0. The molecule has 0 aliphatic carbocycles. The highest BCUT2D eigenvalue weighted by molar-refractivity contribution is 5.80. The van der Waals surface area contributed by atoms with Gasteiger partial charge >= 0.3 is 5.97 Å². The van der Waals surface area contributed by atoms with Crippen molar-refractivity contribution in [2.45, 2.75) is 429 Å². The molecular formula is C73H141NO10. The second kappa shape index (κ2) is 61.6. The van der Waals surface area contributed by atoms with E-state index >= 15 is 0 Å². The average Bonchev–Trinajstić information content (AvgIpc) is 3.38. The second-order valence-corrected chi connectivity index (χ2v) is 26.0. The number of amides is 1. The van der Waals surface area contributed by atoms with Gasteiger partial charge in [0.05, 0.1) is 25.4 Å². The van der Waals surface area contributed by atoms with E-state index in [9.17, 15) is 35.1 Å². The molecule has 8 unspecified atom stereocenters. The number of aliphatic hydroxyl groups is 5. The third kappa shape index (κ3) is 48.3. The predicted octanol–water partition coefficient (Wildman–Crippen LogP) is 19.0. The van der Waals surface area contributed by atoms with E-state index in [2.05, 4.69) is 26.1 Å². The summed E-state index contributed by atoms with van der Waals surface area (Å²) in [6.45, 7) is 5.87. The van der Waals surface area contributed by atoms with Gasteiger partial charge in [0.15, 0.2) is 12.4 Å². The summed E-state index contributed by atoms with van der Waals surface area (Å²) in [4.78, 5) is 26.7. The standard InChI is InChI=1S/C73H141NO10/c1-4-7-10-13-16-19-22-25-27-29-31-32-33-34-35-36-37-39-41-43-46-49-52-55-58-61-68(78)84-71-70(80)69(79)67(62-75)83-73(71)82-63-64(65(76)59-56-53-50-47-44-24-21-18-15-12-9-6-3)74-72(81)66(77)60-57-54-51-48-45-42-40-38-30-28-26-23-20-17-14-11-8-5-2/h56,59,64-67,69-71,73,75-77,79-80H,4-55,57-58,60-63H2,1-3H3,(H,74,81)/b59-56+. The fourth-order valence-corrected chi connectivity index (χ4v) is 12.1. The van der Waals surface area contributed by atoms with Gasteiger partial charge in [-0.3, -0.25) is 9.59 Å². The minimum Gasteiger partial charge on any atom is -0.454 e. The van der Waals surface area contributed by atoms with Crippen LogP contribution in [0.3, 0.4) is 0 Å². The van der Waals surface area contributed by atoms with Crippen LogP contribution in [0.5, 0.6) is 0 Å². The van der Waals surface area contributed by atoms with Crippen molar-refractivity contribution in [3.8, 4) is 0 Å². The van der Waals surface area contributed by atoms with Crippen LogP contribution < -0.4 is 5.32 Å². The Morgan fingerprint density at radius 2 is 0.774 bits per heavy atom. The molecule has 6 N–H and O–H groups in total. The molecular weight excluding hydrogens is 1050 g/mol. The average molecular weight is 1190 g/mol. The lowest BCUT2D eigenvalue weighted by molar-refractivity contribution is -0.305. The van der Waals surface area contributed by atoms with Gasteiger partial charge in [-0.05, 0) is 25.7 Å². The van der Waals surface area contributed by atoms with Crippen molar-refractivity contribution in [2.24, 2.45) is 0 Å². The van der Waals surface area contributed by atoms with Crippen molar-refractivity contribution in [3.05, 3.63) is 12.2 Å². The van der Waals surface area contributed by atoms with Gasteiger partial charge in [0.2, 0.25) is 5.91 Å². The van der Waals surface area contributed by atoms with Crippen molar-refractivity contribution < 1.29 is 49.3 Å². The van der Waals surface area contributed by atoms with Crippen LogP contribution in [0.15, 0.2) is 12.2 Å². The summed E-state index contributed by atoms with van der Waals surface area (Å²) in [5, 5.41) is 57.3. The molecule has 1 aliphatic heterocycles. The highest BCUT2D eigenvalue weighted by Crippen LogP contribution is 2.27. The zero-order valence-electron chi connectivity index (χ0n) is 55.6. The number of esters is 1. The van der Waals surface area contributed by atoms with Gasteiger partial charge < -0.3 is 45.1 Å². The van der Waals surface area contributed by atoms with Gasteiger partial charge in [-0.15, -0.1) is 0 Å². The van der Waals surface area contributed by atoms with E-state index in [1.807, 2.05) is 6.08 Å². The number of ether oxygens (including phenoxy) is 3. The fourth-order valence-electron chi connectivity index (χ4n) is 12.1. The topological polar surface area (TPSA) is 175 Å². The van der Waals surface area contributed by atoms with Gasteiger partial charge in [-0.2, -0.15) is 0 Å². The second-order valence-electron chi connectivity index (χ2n) is 26.0. The van der Waals surface area contributed by atoms with E-state index in [0.717, 1.165) is 57.8 Å². The van der Waals surface area contributed by atoms with E-state index in [1.54, 1.807) is 6.08 Å². The molecule has 0 aromatic carbocycles. The molecule has 0 aromatic rings. The van der Waals surface area contributed by atoms with Crippen molar-refractivity contribution >= 4 is 11.9 Å². The summed E-state index contributed by atoms with van der Waals surface area (Å²) >= 11 is 0. The Kier molecular flexibility index (Phi) is 59.0. The molecule has 0 bridgehead atoms. The molecule has 0 radical (unpaired) electrons. The summed E-state index contributed by atoms with van der Waals surface area (Å²) < 4.78 is 17.7. The van der Waals surface area contributed by atoms with E-state index in [0.29, 0.717) is 19.3 Å². The number of carbonyl (C=O) groups is 2. The number of nitrogens with one attached hydrogen (secondary N) is 1. The molecule has 0 aromatic heterocycles. The molecule has 1 heterocycles. The summed E-state index contributed by atoms with van der Waals surface area (Å²) in [6.07, 6.45) is 62.6. The van der Waals surface area contributed by atoms with E-state index < -0.39 is 67.4 Å². The van der Waals surface area contributed by atoms with Crippen LogP contribution in [-0.2, 0) is 23.8 Å². The number of aliphatic hydroxyl groups excluding tert-OH is 5. The van der Waals surface area contributed by atoms with Crippen molar-refractivity contribution in [1.29, 1.82) is 0 Å². The Hall–Kier alpha value is -1.60. The van der Waals surface area contributed by atoms with Crippen LogP contribution in [-0.4, -0.2) is 99.6 Å². The summed E-state index contributed by atoms with van der Waals surface area (Å²) in [6, 6.07) is -1.02. The third-order valence-electron chi connectivity index (χ3n) is 17.9. The van der Waals surface area contributed by atoms with Crippen LogP contribution in [0.1, 0.15) is 380 Å². The molecule has 1 amide bonds. The van der Waals surface area contributed by atoms with Crippen molar-refractivity contribution in [1.82, 2.24) is 5.32 Å². The number of rotatable bonds is 65. The summed E-state index contributed by atoms with van der Waals surface area (Å²) in [5.41, 5.74) is 0. The van der Waals surface area contributed by atoms with Crippen molar-refractivity contribution in [2.75, 3.05) is 13.2 Å². The SMILES string of the molecule is CCCCCCCCCCCC/C=C/C(O)C(COC1OC(CO)C(O)C(O)C1OC(=O)CCCCCCCCCCCCCCCCCCCCCCCCCCC)NC(=O)C(O)CCCCCCCCCCCCCCCCCCCC. The minimum atomic E-state index is -1.61. The first-order valence-corrected chi connectivity index (χ1v) is 37.0. The first-order chi connectivity index (χ1) is 41.2. The van der Waals surface area contributed by atoms with Gasteiger partial charge in [-0.1, -0.05) is 360 Å². The zero-order chi connectivity index (χ0) is 61.0. The zero-order valence-corrected chi connectivity index (χ0v) is 55.6. The van der Waals surface area contributed by atoms with E-state index in [4.69, 9.17) is 14.2 Å². The predicted molar refractivity (Wildman–Crippen MR) is 352 cm³/mol. The molecule has 1 rings (SSSR count). The van der Waals surface area contributed by atoms with Gasteiger partial charge in [0.1, 0.15) is 24.4 Å². The number of hydrogen-bond acceptors (Lipinski definition) is 10. The maximum atomic E-state index is 13.5. The van der Waals surface area contributed by atoms with Crippen LogP contribution in [0, 0.1) is 0 Å². The van der Waals surface area contributed by atoms with E-state index in [-0.39, 0.29) is 13.0 Å². The molecule has 11 heteroatoms. The van der Waals surface area contributed by atoms with Crippen LogP contribution in [0.4, 0.5) is 0 Å². The van der Waals surface area contributed by atoms with Crippen LogP contribution in [0.25, 0.3) is 0 Å². The quantitative estimate of drug-likeness (QED) is 0.0195. The molecule has 0 spiro atoms. The lowest BCUT2D eigenvalue weighted by atomic mass is 9.99. The molecule has 8 atom stereocenters. The fraction of sp³-hybridized carbons (Fsp3) is 0.945. The summed E-state index contributed by atoms with van der Waals surface area (Å²) in [7, 11) is 0. The molecule has 1 fully saturated rings. The summed E-state index contributed by atoms with van der Waals surface area (Å²) in [5.74, 6) is -1.17. The molecule has 0 saturated carbocycles. The highest BCUT2D eigenvalue weighted by Gasteiger charge is 2.47. The number of unbranched alkanes of at least 4 members (excludes halogenated alkanes) is 51. The van der Waals surface area contributed by atoms with Crippen LogP contribution in [0.2, 0.25) is 0 Å². The number of allylic oxidation sites excluding steroid dienone is 1. The lowest BCUT2D eigenvalue weighted by Crippen LogP contribution is -2.61. The maximum absolute atomic E-state index is 13.5. The Bertz CT molecular complexity index is 1420. The Morgan fingerprint density at radius 3 is 1.12 bits per heavy atom. The Morgan fingerprint density at radius 1 is 0.452 bits per heavy atom. The van der Waals surface area contributed by atoms with Gasteiger partial charge in [-0.25, -0.2) is 0 Å². The molecule has 1 aliphatic rings. The minimum absolute atomic E-state index is 0.132. The number of carbonyl (C=O) groups excluding carboxylic acids is 2. The molecule has 84 heavy (non-hydrogen) atoms. The normalized spacial score (nSPS) is 18.4. The smallest absolute Gasteiger partial charge is 0.306 e. The first kappa shape index (κ1) is 80.4. The maximum Gasteiger partial charge on any atom is 0.306 e. The lowest BCUT2D eigenvalue weighted by Gasteiger charge is -2.41. The Labute approximate surface area is 519 Å².